The molecule has 0 aromatic carbocycles. The average molecular weight is 249 g/mol. The van der Waals surface area contributed by atoms with E-state index in [0.717, 1.165) is 0 Å². The molecule has 0 fully saturated rings. The predicted octanol–water partition coefficient (Wildman–Crippen LogP) is -7.19. The molecule has 9 heteroatoms. The van der Waals surface area contributed by atoms with Gasteiger partial charge in [-0.05, 0) is 20.6 Å². The summed E-state index contributed by atoms with van der Waals surface area (Å²) in [6, 6.07) is 0. The smallest absolute Gasteiger partial charge is 1.00 e. The summed E-state index contributed by atoms with van der Waals surface area (Å²) < 4.78 is 0. The van der Waals surface area contributed by atoms with Crippen molar-refractivity contribution in [1.82, 2.24) is 15.0 Å². The van der Waals surface area contributed by atoms with Crippen LogP contribution in [0, 0.1) is 0 Å². The van der Waals surface area contributed by atoms with Crippen LogP contribution in [0.5, 0.6) is 0 Å². The van der Waals surface area contributed by atoms with Gasteiger partial charge in [0.25, 0.3) is 0 Å². The standard InChI is InChI=1S/C3H3N3S3.3Na.3H/c7-9-8-3-5-1-4-2-6-3;;;;;;/h1-2,7H;;;;;;/q;3*+1;3*-1. The molecule has 54 valence electrons. The largest absolute Gasteiger partial charge is 1.00 e. The minimum atomic E-state index is 0. The second-order valence-corrected chi connectivity index (χ2v) is 4.05. The maximum atomic E-state index is 3.91. The van der Waals surface area contributed by atoms with Crippen LogP contribution in [0.25, 0.3) is 0 Å². The molecule has 1 aromatic rings. The van der Waals surface area contributed by atoms with Crippen molar-refractivity contribution in [1.29, 1.82) is 0 Å². The van der Waals surface area contributed by atoms with E-state index >= 15 is 0 Å². The first-order valence-electron chi connectivity index (χ1n) is 2.03. The maximum Gasteiger partial charge on any atom is 1.00 e. The molecule has 0 bridgehead atoms. The van der Waals surface area contributed by atoms with E-state index in [1.54, 1.807) is 0 Å². The van der Waals surface area contributed by atoms with Gasteiger partial charge in [0.2, 0.25) is 5.16 Å². The molecule has 0 unspecified atom stereocenters. The third-order valence-electron chi connectivity index (χ3n) is 0.581. The maximum absolute atomic E-state index is 3.91. The number of hydrogen-bond acceptors (Lipinski definition) is 6. The van der Waals surface area contributed by atoms with Gasteiger partial charge in [0.05, 0.1) is 0 Å². The first-order chi connectivity index (χ1) is 4.43. The molecule has 0 amide bonds. The van der Waals surface area contributed by atoms with Crippen molar-refractivity contribution in [2.75, 3.05) is 0 Å². The zero-order valence-electron chi connectivity index (χ0n) is 10.3. The molecule has 1 aromatic heterocycles. The zero-order valence-corrected chi connectivity index (χ0v) is 15.8. The van der Waals surface area contributed by atoms with Gasteiger partial charge in [0.1, 0.15) is 12.7 Å². The molecule has 3 nitrogen and oxygen atoms in total. The van der Waals surface area contributed by atoms with Gasteiger partial charge >= 0.3 is 88.7 Å². The normalized spacial score (nSPS) is 7.08. The quantitative estimate of drug-likeness (QED) is 0.320. The fourth-order valence-electron chi connectivity index (χ4n) is 0.305. The molecule has 0 saturated carbocycles. The molecular formula is C3H6N3Na3S3. The Hall–Kier alpha value is 3.06. The van der Waals surface area contributed by atoms with E-state index in [2.05, 4.69) is 26.6 Å². The van der Waals surface area contributed by atoms with Crippen molar-refractivity contribution in [3.8, 4) is 0 Å². The third kappa shape index (κ3) is 9.61. The Morgan fingerprint density at radius 2 is 1.67 bits per heavy atom. The molecule has 1 rings (SSSR count). The molecule has 0 spiro atoms. The number of nitrogens with zero attached hydrogens (tertiary/aromatic N) is 3. The van der Waals surface area contributed by atoms with Crippen molar-refractivity contribution in [3.05, 3.63) is 12.7 Å². The monoisotopic (exact) mass is 249 g/mol. The minimum absolute atomic E-state index is 0. The van der Waals surface area contributed by atoms with Crippen LogP contribution in [-0.4, -0.2) is 15.0 Å². The van der Waals surface area contributed by atoms with Gasteiger partial charge in [0.15, 0.2) is 0 Å². The first-order valence-corrected chi connectivity index (χ1v) is 5.24. The van der Waals surface area contributed by atoms with E-state index in [0.29, 0.717) is 5.16 Å². The molecule has 0 aliphatic carbocycles. The zero-order chi connectivity index (χ0) is 6.53. The summed E-state index contributed by atoms with van der Waals surface area (Å²) in [5.41, 5.74) is 0. The van der Waals surface area contributed by atoms with Gasteiger partial charge in [-0.15, -0.1) is 0 Å². The predicted molar refractivity (Wildman–Crippen MR) is 45.6 cm³/mol. The van der Waals surface area contributed by atoms with Crippen LogP contribution in [0.4, 0.5) is 0 Å². The van der Waals surface area contributed by atoms with Crippen molar-refractivity contribution in [2.24, 2.45) is 0 Å². The topological polar surface area (TPSA) is 38.7 Å². The Morgan fingerprint density at radius 3 is 2.08 bits per heavy atom. The second-order valence-electron chi connectivity index (χ2n) is 1.08. The summed E-state index contributed by atoms with van der Waals surface area (Å²) in [4.78, 5) is 11.3. The van der Waals surface area contributed by atoms with Gasteiger partial charge < -0.3 is 4.28 Å². The third-order valence-corrected chi connectivity index (χ3v) is 2.36. The van der Waals surface area contributed by atoms with Gasteiger partial charge in [0, 0.05) is 0 Å². The number of hydrogen-bond donors (Lipinski definition) is 1. The summed E-state index contributed by atoms with van der Waals surface area (Å²) in [5.74, 6) is 0. The van der Waals surface area contributed by atoms with Crippen molar-refractivity contribution in [3.63, 3.8) is 0 Å². The Balaban J connectivity index is -0.0000000337. The summed E-state index contributed by atoms with van der Waals surface area (Å²) in [5, 5.41) is 0.685. The molecule has 0 aliphatic heterocycles. The Bertz CT molecular complexity index is 188. The number of rotatable bonds is 2. The SMILES string of the molecule is SSSc1ncncn1.[H-].[H-].[H-].[Na+].[Na+].[Na+]. The minimum Gasteiger partial charge on any atom is -1.00 e. The van der Waals surface area contributed by atoms with Gasteiger partial charge in [-0.2, -0.15) is 0 Å². The van der Waals surface area contributed by atoms with Crippen LogP contribution >= 0.6 is 32.3 Å². The molecule has 0 N–H and O–H groups in total. The Morgan fingerprint density at radius 1 is 1.17 bits per heavy atom. The number of thiol groups is 1. The Kier molecular flexibility index (Phi) is 24.0. The fourth-order valence-corrected chi connectivity index (χ4v) is 1.61. The van der Waals surface area contributed by atoms with Gasteiger partial charge in [-0.25, -0.2) is 15.0 Å². The molecule has 0 radical (unpaired) electrons. The molecule has 0 saturated heterocycles. The van der Waals surface area contributed by atoms with Gasteiger partial charge in [-0.3, -0.25) is 0 Å². The summed E-state index contributed by atoms with van der Waals surface area (Å²) >= 11 is 3.91. The Labute approximate surface area is 155 Å². The van der Waals surface area contributed by atoms with Crippen LogP contribution in [0.15, 0.2) is 17.8 Å². The first kappa shape index (κ1) is 20.5. The van der Waals surface area contributed by atoms with E-state index < -0.39 is 0 Å². The van der Waals surface area contributed by atoms with Crippen molar-refractivity contribution < 1.29 is 93.0 Å². The van der Waals surface area contributed by atoms with Crippen LogP contribution in [-0.2, 0) is 0 Å². The van der Waals surface area contributed by atoms with E-state index in [1.807, 2.05) is 0 Å². The summed E-state index contributed by atoms with van der Waals surface area (Å²) in [6.07, 6.45) is 2.92. The molecule has 12 heavy (non-hydrogen) atoms. The van der Waals surface area contributed by atoms with Crippen LogP contribution in [0.1, 0.15) is 4.28 Å². The molecule has 1 heterocycles. The van der Waals surface area contributed by atoms with E-state index in [4.69, 9.17) is 0 Å². The molecular weight excluding hydrogens is 243 g/mol. The average Bonchev–Trinajstić information content (AvgIpc) is 1.91. The molecule has 0 atom stereocenters. The second kappa shape index (κ2) is 14.1. The van der Waals surface area contributed by atoms with Crippen LogP contribution in [0.3, 0.4) is 0 Å². The number of aromatic nitrogens is 3. The summed E-state index contributed by atoms with van der Waals surface area (Å²) in [7, 11) is 2.71. The van der Waals surface area contributed by atoms with E-state index in [1.165, 1.54) is 33.3 Å². The summed E-state index contributed by atoms with van der Waals surface area (Å²) in [6.45, 7) is 0. The van der Waals surface area contributed by atoms with Crippen molar-refractivity contribution >= 4 is 32.3 Å². The fraction of sp³-hybridized carbons (Fsp3) is 0. The van der Waals surface area contributed by atoms with Crippen LogP contribution < -0.4 is 88.7 Å². The van der Waals surface area contributed by atoms with Crippen molar-refractivity contribution in [2.45, 2.75) is 5.16 Å². The van der Waals surface area contributed by atoms with E-state index in [9.17, 15) is 0 Å². The molecule has 0 aliphatic rings. The van der Waals surface area contributed by atoms with Crippen LogP contribution in [0.2, 0.25) is 0 Å². The van der Waals surface area contributed by atoms with E-state index in [-0.39, 0.29) is 93.0 Å². The van der Waals surface area contributed by atoms with Gasteiger partial charge in [-0.1, -0.05) is 11.7 Å².